The van der Waals surface area contributed by atoms with Crippen LogP contribution >= 0.6 is 17.0 Å². The summed E-state index contributed by atoms with van der Waals surface area (Å²) >= 11 is -0.826. The summed E-state index contributed by atoms with van der Waals surface area (Å²) in [5, 5.41) is 2.92. The molecule has 66 heavy (non-hydrogen) atoms. The Kier molecular flexibility index (Phi) is 18.8. The van der Waals surface area contributed by atoms with Crippen molar-refractivity contribution in [2.75, 3.05) is 0 Å². The van der Waals surface area contributed by atoms with Gasteiger partial charge in [-0.3, -0.25) is 0 Å². The summed E-state index contributed by atoms with van der Waals surface area (Å²) in [6.07, 6.45) is -19.5. The molecule has 0 aliphatic rings. The average Bonchev–Trinajstić information content (AvgIpc) is 3.82. The van der Waals surface area contributed by atoms with Crippen molar-refractivity contribution in [3.05, 3.63) is 129 Å². The first-order chi connectivity index (χ1) is 30.0. The van der Waals surface area contributed by atoms with E-state index < -0.39 is 67.8 Å². The predicted molar refractivity (Wildman–Crippen MR) is 245 cm³/mol. The molecular formula is C50H52Cl2F12SiZr. The molecule has 0 saturated carbocycles. The van der Waals surface area contributed by atoms with E-state index in [4.69, 9.17) is 17.0 Å². The third kappa shape index (κ3) is 14.5. The van der Waals surface area contributed by atoms with Gasteiger partial charge in [-0.05, 0) is 70.2 Å². The Morgan fingerprint density at radius 2 is 0.697 bits per heavy atom. The molecule has 6 aromatic rings. The number of fused-ring (bicyclic) bond motifs is 2. The summed E-state index contributed by atoms with van der Waals surface area (Å²) in [7, 11) is 11.0. The van der Waals surface area contributed by atoms with Gasteiger partial charge in [0.2, 0.25) is 0 Å². The second-order valence-electron chi connectivity index (χ2n) is 18.5. The quantitative estimate of drug-likeness (QED) is 0.0938. The summed E-state index contributed by atoms with van der Waals surface area (Å²) < 4.78 is 161. The van der Waals surface area contributed by atoms with Crippen molar-refractivity contribution in [3.8, 4) is 22.3 Å². The Morgan fingerprint density at radius 1 is 0.455 bits per heavy atom. The van der Waals surface area contributed by atoms with Crippen LogP contribution in [0.25, 0.3) is 43.8 Å². The van der Waals surface area contributed by atoms with Crippen molar-refractivity contribution in [2.45, 2.75) is 130 Å². The molecule has 0 bridgehead atoms. The zero-order valence-electron chi connectivity index (χ0n) is 38.5. The number of benzene rings is 4. The van der Waals surface area contributed by atoms with Crippen LogP contribution in [0, 0.1) is 0 Å². The molecule has 16 heteroatoms. The van der Waals surface area contributed by atoms with Crippen molar-refractivity contribution in [1.29, 1.82) is 0 Å². The first-order valence-corrected chi connectivity index (χ1v) is 29.0. The van der Waals surface area contributed by atoms with Crippen molar-refractivity contribution >= 4 is 48.1 Å². The summed E-state index contributed by atoms with van der Waals surface area (Å²) in [4.78, 5) is 0. The van der Waals surface area contributed by atoms with Crippen molar-refractivity contribution in [1.82, 2.24) is 0 Å². The second-order valence-corrected chi connectivity index (χ2v) is 23.3. The van der Waals surface area contributed by atoms with Crippen LogP contribution in [0.4, 0.5) is 52.7 Å². The van der Waals surface area contributed by atoms with Crippen LogP contribution in [-0.2, 0) is 56.4 Å². The Hall–Kier alpha value is -3.06. The number of hydrogen-bond donors (Lipinski definition) is 0. The Bertz CT molecular complexity index is 2320. The molecule has 6 aromatic carbocycles. The molecule has 0 nitrogen and oxygen atoms in total. The van der Waals surface area contributed by atoms with E-state index >= 15 is 0 Å². The summed E-state index contributed by atoms with van der Waals surface area (Å²) in [5.74, 6) is -0.164. The second kappa shape index (κ2) is 21.7. The fourth-order valence-electron chi connectivity index (χ4n) is 7.27. The molecular weight excluding hydrogens is 1020 g/mol. The number of halogens is 14. The molecule has 6 rings (SSSR count). The molecule has 0 saturated heterocycles. The zero-order valence-corrected chi connectivity index (χ0v) is 43.5. The molecule has 0 spiro atoms. The van der Waals surface area contributed by atoms with Gasteiger partial charge in [-0.2, -0.15) is 64.8 Å². The molecule has 0 atom stereocenters. The molecule has 0 aliphatic carbocycles. The Morgan fingerprint density at radius 3 is 0.894 bits per heavy atom. The first kappa shape index (κ1) is 57.3. The molecule has 0 unspecified atom stereocenters. The van der Waals surface area contributed by atoms with Crippen molar-refractivity contribution in [3.63, 3.8) is 0 Å². The monoisotopic (exact) mass is 1070 g/mol. The molecule has 0 N–H and O–H groups in total. The van der Waals surface area contributed by atoms with E-state index in [2.05, 4.69) is 13.1 Å². The van der Waals surface area contributed by atoms with Gasteiger partial charge in [-0.1, -0.05) is 105 Å². The van der Waals surface area contributed by atoms with E-state index in [0.717, 1.165) is 55.7 Å². The van der Waals surface area contributed by atoms with Crippen LogP contribution < -0.4 is 0 Å². The van der Waals surface area contributed by atoms with Gasteiger partial charge >= 0.3 is 62.6 Å². The van der Waals surface area contributed by atoms with Crippen LogP contribution in [0.3, 0.4) is 0 Å². The predicted octanol–water partition coefficient (Wildman–Crippen LogP) is 19.5. The standard InChI is InChI=1S/2C24H23F6.C2H6Si.2ClH.Zr/c2*1-13(2)19-7-6-14-8-16(22(3,4)5)12-20(14)21(19)15-9-17(23(25,26)27)11-18(10-15)24(28,29)30;1-3-2;;;/h2*6-13H,1-5H3;1-2H3;2*1H;/q2*-1;;;;+4/p-2. The molecule has 0 aliphatic heterocycles. The molecule has 0 heterocycles. The van der Waals surface area contributed by atoms with E-state index in [1.54, 1.807) is 12.1 Å². The van der Waals surface area contributed by atoms with Gasteiger partial charge in [-0.25, -0.2) is 0 Å². The van der Waals surface area contributed by atoms with Gasteiger partial charge < -0.3 is 0 Å². The van der Waals surface area contributed by atoms with Gasteiger partial charge in [0.15, 0.2) is 0 Å². The van der Waals surface area contributed by atoms with Crippen LogP contribution in [-0.4, -0.2) is 9.52 Å². The van der Waals surface area contributed by atoms with Crippen LogP contribution in [0.2, 0.25) is 13.1 Å². The van der Waals surface area contributed by atoms with Gasteiger partial charge in [0.25, 0.3) is 0 Å². The summed E-state index contributed by atoms with van der Waals surface area (Å²) in [6.45, 7) is 23.9. The topological polar surface area (TPSA) is 0 Å². The SMILES string of the molecule is CC(C)c1ccc2[cH-]c(C(C)(C)C)cc2c1-c1cc(C(F)(F)F)cc(C(F)(F)F)c1.CC(C)c1ccc2[cH-]c(C(C)(C)C)cc2c1-c1cc(C(F)(F)F)cc(C(F)(F)F)c1.C[Si]C.[Cl][Zr+2][Cl]. The first-order valence-electron chi connectivity index (χ1n) is 20.6. The molecule has 0 aromatic heterocycles. The van der Waals surface area contributed by atoms with E-state index in [1.807, 2.05) is 106 Å². The maximum absolute atomic E-state index is 13.4. The van der Waals surface area contributed by atoms with Gasteiger partial charge in [-0.15, -0.1) is 69.1 Å². The summed E-state index contributed by atoms with van der Waals surface area (Å²) in [6, 6.07) is 18.6. The fraction of sp³-hybridized carbons (Fsp3) is 0.400. The van der Waals surface area contributed by atoms with Gasteiger partial charge in [0.1, 0.15) is 0 Å². The van der Waals surface area contributed by atoms with Crippen molar-refractivity contribution in [2.24, 2.45) is 0 Å². The third-order valence-corrected chi connectivity index (χ3v) is 10.6. The minimum atomic E-state index is -4.88. The van der Waals surface area contributed by atoms with E-state index in [0.29, 0.717) is 33.0 Å². The van der Waals surface area contributed by atoms with Crippen LogP contribution in [0.1, 0.15) is 126 Å². The minimum absolute atomic E-state index is 0.0718. The zero-order chi connectivity index (χ0) is 50.7. The molecule has 0 amide bonds. The molecule has 2 radical (unpaired) electrons. The Balaban J connectivity index is 0.000000313. The van der Waals surface area contributed by atoms with Gasteiger partial charge in [0, 0.05) is 9.52 Å². The summed E-state index contributed by atoms with van der Waals surface area (Å²) in [5.41, 5.74) is -1.56. The Labute approximate surface area is 400 Å². The number of hydrogen-bond acceptors (Lipinski definition) is 0. The molecule has 0 fully saturated rings. The normalized spacial score (nSPS) is 12.7. The van der Waals surface area contributed by atoms with E-state index in [1.165, 1.54) is 0 Å². The average molecular weight is 1070 g/mol. The van der Waals surface area contributed by atoms with Crippen LogP contribution in [0.5, 0.6) is 0 Å². The fourth-order valence-corrected chi connectivity index (χ4v) is 7.27. The molecule has 358 valence electrons. The number of rotatable bonds is 4. The maximum atomic E-state index is 13.4. The van der Waals surface area contributed by atoms with Crippen molar-refractivity contribution < 1.29 is 73.5 Å². The van der Waals surface area contributed by atoms with Gasteiger partial charge in [0.05, 0.1) is 22.3 Å². The van der Waals surface area contributed by atoms with Crippen LogP contribution in [0.15, 0.2) is 84.9 Å². The third-order valence-electron chi connectivity index (χ3n) is 10.6. The number of alkyl halides is 12. The van der Waals surface area contributed by atoms with E-state index in [-0.39, 0.29) is 45.9 Å². The van der Waals surface area contributed by atoms with E-state index in [9.17, 15) is 52.7 Å².